The topological polar surface area (TPSA) is 75.7 Å². The molecule has 134 valence electrons. The molecule has 0 aromatic heterocycles. The standard InChI is InChI=1S/C20H20N2O4/c1-13-8-7-9-14(2)17(13)26-16(23)12-22-18(24)20(3,21-19(22)25)15-10-5-4-6-11-15/h4-11H,12H2,1-3H3,(H,21,25)/t20-/m1/s1. The summed E-state index contributed by atoms with van der Waals surface area (Å²) < 4.78 is 5.40. The predicted molar refractivity (Wildman–Crippen MR) is 95.6 cm³/mol. The van der Waals surface area contributed by atoms with Crippen LogP contribution in [0.25, 0.3) is 0 Å². The highest BCUT2D eigenvalue weighted by molar-refractivity contribution is 6.08. The normalized spacial score (nSPS) is 19.4. The minimum atomic E-state index is -1.20. The Hall–Kier alpha value is -3.15. The first-order valence-corrected chi connectivity index (χ1v) is 8.29. The largest absolute Gasteiger partial charge is 0.425 e. The summed E-state index contributed by atoms with van der Waals surface area (Å²) in [6, 6.07) is 13.8. The molecule has 6 nitrogen and oxygen atoms in total. The van der Waals surface area contributed by atoms with Crippen LogP contribution in [0.5, 0.6) is 5.75 Å². The van der Waals surface area contributed by atoms with E-state index in [2.05, 4.69) is 5.32 Å². The molecule has 1 aliphatic rings. The summed E-state index contributed by atoms with van der Waals surface area (Å²) in [6.45, 7) is 4.84. The van der Waals surface area contributed by atoms with E-state index in [0.29, 0.717) is 11.3 Å². The highest BCUT2D eigenvalue weighted by Gasteiger charge is 2.49. The Morgan fingerprint density at radius 2 is 1.65 bits per heavy atom. The van der Waals surface area contributed by atoms with Gasteiger partial charge in [0.2, 0.25) is 0 Å². The lowest BCUT2D eigenvalue weighted by Gasteiger charge is -2.22. The lowest BCUT2D eigenvalue weighted by atomic mass is 9.92. The summed E-state index contributed by atoms with van der Waals surface area (Å²) in [6.07, 6.45) is 0. The van der Waals surface area contributed by atoms with Crippen LogP contribution >= 0.6 is 0 Å². The fraction of sp³-hybridized carbons (Fsp3) is 0.250. The number of esters is 1. The molecule has 1 heterocycles. The number of nitrogens with one attached hydrogen (secondary N) is 1. The highest BCUT2D eigenvalue weighted by atomic mass is 16.5. The van der Waals surface area contributed by atoms with Gasteiger partial charge in [-0.15, -0.1) is 0 Å². The Labute approximate surface area is 151 Å². The number of rotatable bonds is 4. The number of aryl methyl sites for hydroxylation is 2. The van der Waals surface area contributed by atoms with Gasteiger partial charge in [-0.3, -0.25) is 9.69 Å². The quantitative estimate of drug-likeness (QED) is 0.521. The first-order valence-electron chi connectivity index (χ1n) is 8.29. The van der Waals surface area contributed by atoms with Gasteiger partial charge in [0.1, 0.15) is 17.8 Å². The number of amides is 3. The molecular weight excluding hydrogens is 332 g/mol. The smallest absolute Gasteiger partial charge is 0.331 e. The molecule has 6 heteroatoms. The van der Waals surface area contributed by atoms with Gasteiger partial charge in [0.15, 0.2) is 0 Å². The molecule has 0 radical (unpaired) electrons. The van der Waals surface area contributed by atoms with E-state index in [4.69, 9.17) is 4.74 Å². The van der Waals surface area contributed by atoms with Crippen molar-refractivity contribution in [3.63, 3.8) is 0 Å². The van der Waals surface area contributed by atoms with Crippen molar-refractivity contribution >= 4 is 17.9 Å². The second kappa shape index (κ2) is 6.63. The van der Waals surface area contributed by atoms with Gasteiger partial charge in [-0.1, -0.05) is 48.5 Å². The third-order valence-corrected chi connectivity index (χ3v) is 4.54. The van der Waals surface area contributed by atoms with Crippen LogP contribution in [0.4, 0.5) is 4.79 Å². The Morgan fingerprint density at radius 3 is 2.27 bits per heavy atom. The lowest BCUT2D eigenvalue weighted by Crippen LogP contribution is -2.41. The maximum Gasteiger partial charge on any atom is 0.331 e. The number of carbonyl (C=O) groups is 3. The zero-order valence-corrected chi connectivity index (χ0v) is 14.9. The number of ether oxygens (including phenoxy) is 1. The second-order valence-corrected chi connectivity index (χ2v) is 6.51. The molecule has 1 fully saturated rings. The summed E-state index contributed by atoms with van der Waals surface area (Å²) in [5.74, 6) is -0.689. The van der Waals surface area contributed by atoms with E-state index in [1.807, 2.05) is 38.1 Å². The number of urea groups is 1. The summed E-state index contributed by atoms with van der Waals surface area (Å²) in [5.41, 5.74) is 1.08. The SMILES string of the molecule is Cc1cccc(C)c1OC(=O)CN1C(=O)N[C@](C)(c2ccccc2)C1=O. The first kappa shape index (κ1) is 17.7. The first-order chi connectivity index (χ1) is 12.3. The minimum absolute atomic E-state index is 0.444. The van der Waals surface area contributed by atoms with Gasteiger partial charge in [0.05, 0.1) is 0 Å². The number of hydrogen-bond acceptors (Lipinski definition) is 4. The molecule has 2 aromatic rings. The molecule has 1 saturated heterocycles. The Morgan fingerprint density at radius 1 is 1.04 bits per heavy atom. The minimum Gasteiger partial charge on any atom is -0.425 e. The van der Waals surface area contributed by atoms with Crippen molar-refractivity contribution in [1.29, 1.82) is 0 Å². The van der Waals surface area contributed by atoms with E-state index < -0.39 is 30.0 Å². The fourth-order valence-corrected chi connectivity index (χ4v) is 3.04. The van der Waals surface area contributed by atoms with Crippen LogP contribution < -0.4 is 10.1 Å². The van der Waals surface area contributed by atoms with Gasteiger partial charge in [-0.05, 0) is 37.5 Å². The van der Waals surface area contributed by atoms with Gasteiger partial charge in [-0.25, -0.2) is 9.59 Å². The average molecular weight is 352 g/mol. The van der Waals surface area contributed by atoms with E-state index in [-0.39, 0.29) is 0 Å². The molecule has 1 N–H and O–H groups in total. The molecule has 0 bridgehead atoms. The molecule has 1 aliphatic heterocycles. The third kappa shape index (κ3) is 3.06. The third-order valence-electron chi connectivity index (χ3n) is 4.54. The van der Waals surface area contributed by atoms with Gasteiger partial charge in [0, 0.05) is 0 Å². The molecular formula is C20H20N2O4. The molecule has 0 spiro atoms. The zero-order chi connectivity index (χ0) is 18.9. The monoisotopic (exact) mass is 352 g/mol. The van der Waals surface area contributed by atoms with E-state index in [9.17, 15) is 14.4 Å². The number of hydrogen-bond donors (Lipinski definition) is 1. The molecule has 3 amide bonds. The van der Waals surface area contributed by atoms with E-state index >= 15 is 0 Å². The zero-order valence-electron chi connectivity index (χ0n) is 14.9. The lowest BCUT2D eigenvalue weighted by molar-refractivity contribution is -0.141. The van der Waals surface area contributed by atoms with E-state index in [0.717, 1.165) is 16.0 Å². The van der Waals surface area contributed by atoms with Crippen LogP contribution in [0, 0.1) is 13.8 Å². The Bertz CT molecular complexity index is 858. The molecule has 0 saturated carbocycles. The van der Waals surface area contributed by atoms with Crippen LogP contribution in [0.15, 0.2) is 48.5 Å². The van der Waals surface area contributed by atoms with Crippen LogP contribution in [-0.4, -0.2) is 29.4 Å². The van der Waals surface area contributed by atoms with Crippen LogP contribution in [0.1, 0.15) is 23.6 Å². The Kier molecular flexibility index (Phi) is 4.50. The van der Waals surface area contributed by atoms with Crippen molar-refractivity contribution in [2.45, 2.75) is 26.3 Å². The number of benzene rings is 2. The van der Waals surface area contributed by atoms with Crippen LogP contribution in [-0.2, 0) is 15.1 Å². The van der Waals surface area contributed by atoms with Crippen molar-refractivity contribution in [2.24, 2.45) is 0 Å². The summed E-state index contributed by atoms with van der Waals surface area (Å²) in [7, 11) is 0. The molecule has 2 aromatic carbocycles. The Balaban J connectivity index is 1.77. The summed E-state index contributed by atoms with van der Waals surface area (Å²) in [5, 5.41) is 2.67. The van der Waals surface area contributed by atoms with Crippen molar-refractivity contribution in [3.05, 3.63) is 65.2 Å². The molecule has 0 unspecified atom stereocenters. The van der Waals surface area contributed by atoms with Crippen molar-refractivity contribution in [1.82, 2.24) is 10.2 Å². The average Bonchev–Trinajstić information content (AvgIpc) is 2.83. The van der Waals surface area contributed by atoms with Crippen molar-refractivity contribution < 1.29 is 19.1 Å². The van der Waals surface area contributed by atoms with E-state index in [1.165, 1.54) is 0 Å². The molecule has 3 rings (SSSR count). The van der Waals surface area contributed by atoms with Crippen molar-refractivity contribution in [2.75, 3.05) is 6.54 Å². The molecule has 1 atom stereocenters. The summed E-state index contributed by atoms with van der Waals surface area (Å²) >= 11 is 0. The fourth-order valence-electron chi connectivity index (χ4n) is 3.04. The number of carbonyl (C=O) groups excluding carboxylic acids is 3. The number of nitrogens with zero attached hydrogens (tertiary/aromatic N) is 1. The number of imide groups is 1. The van der Waals surface area contributed by atoms with Crippen molar-refractivity contribution in [3.8, 4) is 5.75 Å². The van der Waals surface area contributed by atoms with Gasteiger partial charge in [0.25, 0.3) is 5.91 Å². The number of para-hydroxylation sites is 1. The van der Waals surface area contributed by atoms with Gasteiger partial charge >= 0.3 is 12.0 Å². The predicted octanol–water partition coefficient (Wildman–Crippen LogP) is 2.68. The van der Waals surface area contributed by atoms with Crippen LogP contribution in [0.2, 0.25) is 0 Å². The summed E-state index contributed by atoms with van der Waals surface area (Å²) in [4.78, 5) is 38.3. The van der Waals surface area contributed by atoms with Gasteiger partial charge < -0.3 is 10.1 Å². The maximum atomic E-state index is 12.8. The van der Waals surface area contributed by atoms with E-state index in [1.54, 1.807) is 31.2 Å². The molecule has 0 aliphatic carbocycles. The second-order valence-electron chi connectivity index (χ2n) is 6.51. The van der Waals surface area contributed by atoms with Crippen LogP contribution in [0.3, 0.4) is 0 Å². The molecule has 26 heavy (non-hydrogen) atoms. The van der Waals surface area contributed by atoms with Gasteiger partial charge in [-0.2, -0.15) is 0 Å². The maximum absolute atomic E-state index is 12.8. The highest BCUT2D eigenvalue weighted by Crippen LogP contribution is 2.29.